The molecule has 0 fully saturated rings. The first-order valence-electron chi connectivity index (χ1n) is 5.57. The van der Waals surface area contributed by atoms with E-state index in [1.165, 1.54) is 0 Å². The van der Waals surface area contributed by atoms with Crippen LogP contribution in [0.15, 0.2) is 59.7 Å². The Bertz CT molecular complexity index is 630. The molecule has 0 bridgehead atoms. The monoisotopic (exact) mass is 233 g/mol. The molecule has 0 aliphatic carbocycles. The fourth-order valence-corrected chi connectivity index (χ4v) is 1.57. The van der Waals surface area contributed by atoms with Crippen LogP contribution in [0.25, 0.3) is 10.4 Å². The van der Waals surface area contributed by atoms with Crippen LogP contribution in [0.5, 0.6) is 0 Å². The third kappa shape index (κ3) is 3.15. The Hall–Kier alpha value is -2.69. The Labute approximate surface area is 106 Å². The Morgan fingerprint density at radius 3 is 2.50 bits per heavy atom. The van der Waals surface area contributed by atoms with E-state index in [-0.39, 0.29) is 0 Å². The Morgan fingerprint density at radius 2 is 1.72 bits per heavy atom. The van der Waals surface area contributed by atoms with E-state index in [9.17, 15) is 0 Å². The molecule has 0 atom stereocenters. The van der Waals surface area contributed by atoms with Crippen LogP contribution in [-0.4, -0.2) is 0 Å². The largest absolute Gasteiger partial charge is 0.0931 e. The minimum absolute atomic E-state index is 0.573. The number of hydrogen-bond donors (Lipinski definition) is 0. The molecule has 2 aromatic rings. The maximum Gasteiger partial charge on any atom is 0.0417 e. The van der Waals surface area contributed by atoms with Crippen molar-refractivity contribution in [1.29, 1.82) is 0 Å². The zero-order valence-electron chi connectivity index (χ0n) is 9.74. The number of hydrogen-bond acceptors (Lipinski definition) is 1. The van der Waals surface area contributed by atoms with E-state index in [1.54, 1.807) is 6.07 Å². The van der Waals surface area contributed by atoms with Crippen LogP contribution >= 0.6 is 0 Å². The van der Waals surface area contributed by atoms with E-state index >= 15 is 0 Å². The molecule has 86 valence electrons. The molecule has 0 aliphatic rings. The van der Waals surface area contributed by atoms with E-state index in [2.05, 4.69) is 21.9 Å². The van der Waals surface area contributed by atoms with Crippen LogP contribution in [-0.2, 0) is 6.42 Å². The third-order valence-electron chi connectivity index (χ3n) is 2.43. The first-order valence-corrected chi connectivity index (χ1v) is 5.57. The number of benzene rings is 2. The zero-order chi connectivity index (χ0) is 12.6. The van der Waals surface area contributed by atoms with Gasteiger partial charge in [0.1, 0.15) is 0 Å². The van der Waals surface area contributed by atoms with Crippen LogP contribution in [0.2, 0.25) is 0 Å². The first-order chi connectivity index (χ1) is 8.90. The molecule has 0 saturated heterocycles. The lowest BCUT2D eigenvalue weighted by Gasteiger charge is -1.98. The van der Waals surface area contributed by atoms with Crippen LogP contribution in [0.1, 0.15) is 11.1 Å². The zero-order valence-corrected chi connectivity index (χ0v) is 9.74. The predicted octanol–water partition coefficient (Wildman–Crippen LogP) is 4.22. The van der Waals surface area contributed by atoms with Crippen LogP contribution < -0.4 is 0 Å². The van der Waals surface area contributed by atoms with Crippen molar-refractivity contribution in [3.8, 4) is 11.8 Å². The molecule has 3 nitrogen and oxygen atoms in total. The molecular weight excluding hydrogens is 222 g/mol. The van der Waals surface area contributed by atoms with Gasteiger partial charge in [0.05, 0.1) is 0 Å². The van der Waals surface area contributed by atoms with E-state index in [1.807, 2.05) is 48.5 Å². The highest BCUT2D eigenvalue weighted by Crippen LogP contribution is 2.18. The molecule has 2 rings (SSSR count). The third-order valence-corrected chi connectivity index (χ3v) is 2.43. The molecule has 0 amide bonds. The SMILES string of the molecule is [N-]=[N+]=Nc1ccccc1CC#Cc1ccccc1. The molecule has 0 spiro atoms. The second-order valence-corrected chi connectivity index (χ2v) is 3.66. The Kier molecular flexibility index (Phi) is 4.02. The highest BCUT2D eigenvalue weighted by atomic mass is 15.1. The van der Waals surface area contributed by atoms with Gasteiger partial charge in [-0.2, -0.15) is 0 Å². The summed E-state index contributed by atoms with van der Waals surface area (Å²) in [5, 5.41) is 3.65. The number of rotatable bonds is 2. The lowest BCUT2D eigenvalue weighted by Crippen LogP contribution is -1.82. The molecule has 0 aliphatic heterocycles. The molecule has 0 heterocycles. The van der Waals surface area contributed by atoms with Crippen molar-refractivity contribution >= 4 is 5.69 Å². The average Bonchev–Trinajstić information content (AvgIpc) is 2.42. The molecule has 0 saturated carbocycles. The molecular formula is C15H11N3. The Morgan fingerprint density at radius 1 is 1.00 bits per heavy atom. The van der Waals surface area contributed by atoms with Gasteiger partial charge in [-0.1, -0.05) is 59.4 Å². The van der Waals surface area contributed by atoms with Gasteiger partial charge >= 0.3 is 0 Å². The lowest BCUT2D eigenvalue weighted by molar-refractivity contribution is 1.28. The van der Waals surface area contributed by atoms with Gasteiger partial charge in [0.15, 0.2) is 0 Å². The lowest BCUT2D eigenvalue weighted by atomic mass is 10.1. The van der Waals surface area contributed by atoms with Gasteiger partial charge in [0, 0.05) is 22.6 Å². The highest BCUT2D eigenvalue weighted by molar-refractivity contribution is 5.48. The van der Waals surface area contributed by atoms with Gasteiger partial charge in [0.2, 0.25) is 0 Å². The quantitative estimate of drug-likeness (QED) is 0.323. The summed E-state index contributed by atoms with van der Waals surface area (Å²) in [4.78, 5) is 2.81. The van der Waals surface area contributed by atoms with Crippen molar-refractivity contribution in [3.63, 3.8) is 0 Å². The maximum atomic E-state index is 8.47. The maximum absolute atomic E-state index is 8.47. The van der Waals surface area contributed by atoms with Gasteiger partial charge in [-0.3, -0.25) is 0 Å². The van der Waals surface area contributed by atoms with Crippen LogP contribution in [0.3, 0.4) is 0 Å². The molecule has 0 radical (unpaired) electrons. The summed E-state index contributed by atoms with van der Waals surface area (Å²) in [5.41, 5.74) is 11.0. The van der Waals surface area contributed by atoms with E-state index < -0.39 is 0 Å². The summed E-state index contributed by atoms with van der Waals surface area (Å²) in [7, 11) is 0. The van der Waals surface area contributed by atoms with Gasteiger partial charge in [0.25, 0.3) is 0 Å². The van der Waals surface area contributed by atoms with Gasteiger partial charge in [-0.05, 0) is 23.2 Å². The molecule has 2 aromatic carbocycles. The smallest absolute Gasteiger partial charge is 0.0417 e. The van der Waals surface area contributed by atoms with Crippen molar-refractivity contribution in [1.82, 2.24) is 0 Å². The Balaban J connectivity index is 2.16. The van der Waals surface area contributed by atoms with E-state index in [4.69, 9.17) is 5.53 Å². The highest BCUT2D eigenvalue weighted by Gasteiger charge is 1.96. The molecule has 18 heavy (non-hydrogen) atoms. The molecule has 0 aromatic heterocycles. The van der Waals surface area contributed by atoms with Gasteiger partial charge < -0.3 is 0 Å². The fourth-order valence-electron chi connectivity index (χ4n) is 1.57. The summed E-state index contributed by atoms with van der Waals surface area (Å²) in [6.07, 6.45) is 0.573. The number of azide groups is 1. The molecule has 0 N–H and O–H groups in total. The van der Waals surface area contributed by atoms with Crippen molar-refractivity contribution < 1.29 is 0 Å². The fraction of sp³-hybridized carbons (Fsp3) is 0.0667. The summed E-state index contributed by atoms with van der Waals surface area (Å²) in [6.45, 7) is 0. The summed E-state index contributed by atoms with van der Waals surface area (Å²) >= 11 is 0. The standard InChI is InChI=1S/C15H11N3/c16-18-17-15-12-5-4-10-14(15)11-6-9-13-7-2-1-3-8-13/h1-5,7-8,10,12H,11H2. The minimum atomic E-state index is 0.573. The first kappa shape index (κ1) is 11.8. The molecule has 3 heteroatoms. The van der Waals surface area contributed by atoms with E-state index in [0.717, 1.165) is 11.1 Å². The summed E-state index contributed by atoms with van der Waals surface area (Å²) < 4.78 is 0. The summed E-state index contributed by atoms with van der Waals surface area (Å²) in [6, 6.07) is 17.3. The van der Waals surface area contributed by atoms with Crippen molar-refractivity contribution in [2.24, 2.45) is 5.11 Å². The van der Waals surface area contributed by atoms with Crippen molar-refractivity contribution in [2.75, 3.05) is 0 Å². The molecule has 0 unspecified atom stereocenters. The van der Waals surface area contributed by atoms with Crippen LogP contribution in [0.4, 0.5) is 5.69 Å². The van der Waals surface area contributed by atoms with Crippen molar-refractivity contribution in [2.45, 2.75) is 6.42 Å². The van der Waals surface area contributed by atoms with E-state index in [0.29, 0.717) is 12.1 Å². The second kappa shape index (κ2) is 6.15. The second-order valence-electron chi connectivity index (χ2n) is 3.66. The van der Waals surface area contributed by atoms with Gasteiger partial charge in [-0.15, -0.1) is 0 Å². The van der Waals surface area contributed by atoms with Crippen molar-refractivity contribution in [3.05, 3.63) is 76.2 Å². The topological polar surface area (TPSA) is 48.8 Å². The average molecular weight is 233 g/mol. The predicted molar refractivity (Wildman–Crippen MR) is 72.3 cm³/mol. The van der Waals surface area contributed by atoms with Gasteiger partial charge in [-0.25, -0.2) is 0 Å². The minimum Gasteiger partial charge on any atom is -0.0931 e. The summed E-state index contributed by atoms with van der Waals surface area (Å²) in [5.74, 6) is 6.16. The normalized spacial score (nSPS) is 8.89. The number of nitrogens with zero attached hydrogens (tertiary/aromatic N) is 3. The van der Waals surface area contributed by atoms with Crippen LogP contribution in [0, 0.1) is 11.8 Å².